The van der Waals surface area contributed by atoms with E-state index in [9.17, 15) is 9.59 Å². The van der Waals surface area contributed by atoms with Crippen molar-refractivity contribution in [2.75, 3.05) is 19.6 Å². The second-order valence-electron chi connectivity index (χ2n) is 6.32. The van der Waals surface area contributed by atoms with E-state index in [-0.39, 0.29) is 18.2 Å². The molecule has 6 nitrogen and oxygen atoms in total. The molecule has 0 bridgehead atoms. The average molecular weight is 372 g/mol. The van der Waals surface area contributed by atoms with Crippen LogP contribution in [-0.2, 0) is 22.7 Å². The number of aromatic nitrogens is 1. The summed E-state index contributed by atoms with van der Waals surface area (Å²) in [6, 6.07) is 7.48. The fraction of sp³-hybridized carbons (Fsp3) is 0.421. The van der Waals surface area contributed by atoms with E-state index in [4.69, 9.17) is 0 Å². The normalized spacial score (nSPS) is 17.7. The lowest BCUT2D eigenvalue weighted by atomic mass is 10.1. The Morgan fingerprint density at radius 1 is 1.38 bits per heavy atom. The Labute approximate surface area is 157 Å². The Balaban J connectivity index is 1.66. The van der Waals surface area contributed by atoms with Gasteiger partial charge in [0, 0.05) is 50.0 Å². The fourth-order valence-corrected chi connectivity index (χ4v) is 3.88. The molecule has 138 valence electrons. The molecule has 0 spiro atoms. The van der Waals surface area contributed by atoms with Gasteiger partial charge in [0.05, 0.1) is 12.5 Å². The van der Waals surface area contributed by atoms with Crippen LogP contribution in [0.4, 0.5) is 0 Å². The molecule has 2 amide bonds. The number of hydrogen-bond donors (Lipinski definition) is 1. The first-order valence-electron chi connectivity index (χ1n) is 8.88. The van der Waals surface area contributed by atoms with Crippen LogP contribution in [0.2, 0.25) is 0 Å². The third kappa shape index (κ3) is 4.68. The molecule has 2 aromatic rings. The van der Waals surface area contributed by atoms with E-state index in [1.807, 2.05) is 30.5 Å². The number of piperazine rings is 1. The van der Waals surface area contributed by atoms with Crippen LogP contribution in [0.5, 0.6) is 0 Å². The van der Waals surface area contributed by atoms with Crippen LogP contribution in [-0.4, -0.2) is 52.3 Å². The Bertz CT molecular complexity index is 720. The number of carbonyl (C=O) groups is 2. The van der Waals surface area contributed by atoms with Gasteiger partial charge in [-0.15, -0.1) is 11.3 Å². The van der Waals surface area contributed by atoms with Crippen molar-refractivity contribution >= 4 is 23.2 Å². The number of thiophene rings is 1. The van der Waals surface area contributed by atoms with Gasteiger partial charge in [0.1, 0.15) is 0 Å². The fourth-order valence-electron chi connectivity index (χ4n) is 3.16. The number of nitrogens with zero attached hydrogens (tertiary/aromatic N) is 3. The number of hydrogen-bond acceptors (Lipinski definition) is 5. The predicted octanol–water partition coefficient (Wildman–Crippen LogP) is 1.88. The molecule has 0 radical (unpaired) electrons. The molecule has 1 N–H and O–H groups in total. The summed E-state index contributed by atoms with van der Waals surface area (Å²) in [6.07, 6.45) is 3.66. The lowest BCUT2D eigenvalue weighted by molar-refractivity contribution is -0.139. The van der Waals surface area contributed by atoms with Crippen molar-refractivity contribution in [1.82, 2.24) is 20.1 Å². The van der Waals surface area contributed by atoms with Crippen molar-refractivity contribution in [3.8, 4) is 0 Å². The highest BCUT2D eigenvalue weighted by molar-refractivity contribution is 7.09. The van der Waals surface area contributed by atoms with Gasteiger partial charge in [0.25, 0.3) is 0 Å². The van der Waals surface area contributed by atoms with E-state index in [0.717, 1.165) is 12.1 Å². The molecular formula is C19H24N4O2S. The Hall–Kier alpha value is -2.25. The predicted molar refractivity (Wildman–Crippen MR) is 101 cm³/mol. The SMILES string of the molecule is CCN(Cc1ccncc1)C(=O)CC1C(=O)NCCN1Cc1cccs1. The van der Waals surface area contributed by atoms with Crippen molar-refractivity contribution < 1.29 is 9.59 Å². The Morgan fingerprint density at radius 3 is 2.88 bits per heavy atom. The number of nitrogens with one attached hydrogen (secondary N) is 1. The van der Waals surface area contributed by atoms with Crippen LogP contribution >= 0.6 is 11.3 Å². The number of pyridine rings is 1. The first kappa shape index (κ1) is 18.5. The van der Waals surface area contributed by atoms with Gasteiger partial charge in [0.15, 0.2) is 0 Å². The summed E-state index contributed by atoms with van der Waals surface area (Å²) in [5, 5.41) is 4.93. The summed E-state index contributed by atoms with van der Waals surface area (Å²) in [6.45, 7) is 5.21. The van der Waals surface area contributed by atoms with E-state index < -0.39 is 6.04 Å². The van der Waals surface area contributed by atoms with Crippen LogP contribution in [0.15, 0.2) is 42.0 Å². The highest BCUT2D eigenvalue weighted by Crippen LogP contribution is 2.18. The Morgan fingerprint density at radius 2 is 2.19 bits per heavy atom. The lowest BCUT2D eigenvalue weighted by Crippen LogP contribution is -2.56. The summed E-state index contributed by atoms with van der Waals surface area (Å²) >= 11 is 1.68. The van der Waals surface area contributed by atoms with Crippen LogP contribution < -0.4 is 5.32 Å². The molecule has 0 aliphatic carbocycles. The van der Waals surface area contributed by atoms with Crippen LogP contribution in [0.3, 0.4) is 0 Å². The van der Waals surface area contributed by atoms with Crippen LogP contribution in [0.1, 0.15) is 23.8 Å². The lowest BCUT2D eigenvalue weighted by Gasteiger charge is -2.35. The summed E-state index contributed by atoms with van der Waals surface area (Å²) in [7, 11) is 0. The minimum Gasteiger partial charge on any atom is -0.353 e. The van der Waals surface area contributed by atoms with E-state index in [2.05, 4.69) is 21.3 Å². The summed E-state index contributed by atoms with van der Waals surface area (Å²) in [5.74, 6) is -0.0522. The maximum Gasteiger partial charge on any atom is 0.237 e. The second kappa shape index (κ2) is 8.91. The standard InChI is InChI=1S/C19H24N4O2S/c1-2-22(13-15-5-7-20-8-6-15)18(24)12-17-19(25)21-9-10-23(17)14-16-4-3-11-26-16/h3-8,11,17H,2,9-10,12-14H2,1H3,(H,21,25). The van der Waals surface area contributed by atoms with Crippen molar-refractivity contribution in [2.24, 2.45) is 0 Å². The van der Waals surface area contributed by atoms with Crippen molar-refractivity contribution in [1.29, 1.82) is 0 Å². The van der Waals surface area contributed by atoms with Gasteiger partial charge in [-0.3, -0.25) is 19.5 Å². The van der Waals surface area contributed by atoms with E-state index in [1.165, 1.54) is 4.88 Å². The monoisotopic (exact) mass is 372 g/mol. The summed E-state index contributed by atoms with van der Waals surface area (Å²) in [5.41, 5.74) is 1.04. The largest absolute Gasteiger partial charge is 0.353 e. The van der Waals surface area contributed by atoms with Crippen molar-refractivity contribution in [3.05, 3.63) is 52.5 Å². The molecule has 3 heterocycles. The van der Waals surface area contributed by atoms with E-state index >= 15 is 0 Å². The molecule has 0 saturated carbocycles. The zero-order valence-corrected chi connectivity index (χ0v) is 15.7. The highest BCUT2D eigenvalue weighted by Gasteiger charge is 2.32. The van der Waals surface area contributed by atoms with Crippen LogP contribution in [0.25, 0.3) is 0 Å². The molecule has 1 fully saturated rings. The third-order valence-electron chi connectivity index (χ3n) is 4.61. The Kier molecular flexibility index (Phi) is 6.35. The van der Waals surface area contributed by atoms with Crippen LogP contribution in [0, 0.1) is 0 Å². The number of amides is 2. The first-order valence-corrected chi connectivity index (χ1v) is 9.76. The smallest absolute Gasteiger partial charge is 0.237 e. The highest BCUT2D eigenvalue weighted by atomic mass is 32.1. The maximum atomic E-state index is 12.8. The van der Waals surface area contributed by atoms with Gasteiger partial charge >= 0.3 is 0 Å². The van der Waals surface area contributed by atoms with E-state index in [1.54, 1.807) is 28.6 Å². The third-order valence-corrected chi connectivity index (χ3v) is 5.47. The molecule has 7 heteroatoms. The molecule has 1 unspecified atom stereocenters. The van der Waals surface area contributed by atoms with Crippen molar-refractivity contribution in [2.45, 2.75) is 32.5 Å². The average Bonchev–Trinajstić information content (AvgIpc) is 3.16. The number of rotatable bonds is 7. The first-order chi connectivity index (χ1) is 12.7. The van der Waals surface area contributed by atoms with Gasteiger partial charge in [-0.05, 0) is 36.1 Å². The van der Waals surface area contributed by atoms with Gasteiger partial charge in [-0.1, -0.05) is 6.07 Å². The van der Waals surface area contributed by atoms with Gasteiger partial charge in [-0.25, -0.2) is 0 Å². The molecule has 26 heavy (non-hydrogen) atoms. The van der Waals surface area contributed by atoms with Crippen molar-refractivity contribution in [3.63, 3.8) is 0 Å². The van der Waals surface area contributed by atoms with Gasteiger partial charge < -0.3 is 10.2 Å². The molecule has 1 aliphatic heterocycles. The zero-order valence-electron chi connectivity index (χ0n) is 14.9. The summed E-state index contributed by atoms with van der Waals surface area (Å²) in [4.78, 5) is 34.4. The molecular weight excluding hydrogens is 348 g/mol. The maximum absolute atomic E-state index is 12.8. The quantitative estimate of drug-likeness (QED) is 0.806. The second-order valence-corrected chi connectivity index (χ2v) is 7.36. The molecule has 0 aromatic carbocycles. The molecule has 2 aromatic heterocycles. The van der Waals surface area contributed by atoms with Gasteiger partial charge in [-0.2, -0.15) is 0 Å². The molecule has 1 saturated heterocycles. The molecule has 1 aliphatic rings. The minimum atomic E-state index is -0.412. The van der Waals surface area contributed by atoms with Gasteiger partial charge in [0.2, 0.25) is 11.8 Å². The molecule has 3 rings (SSSR count). The summed E-state index contributed by atoms with van der Waals surface area (Å²) < 4.78 is 0. The number of carbonyl (C=O) groups excluding carboxylic acids is 2. The zero-order chi connectivity index (χ0) is 18.4. The van der Waals surface area contributed by atoms with E-state index in [0.29, 0.717) is 26.2 Å². The molecule has 1 atom stereocenters. The minimum absolute atomic E-state index is 0.00235. The topological polar surface area (TPSA) is 65.5 Å².